The Hall–Kier alpha value is -2.25. The zero-order chi connectivity index (χ0) is 20.2. The number of thiophene rings is 1. The van der Waals surface area contributed by atoms with Crippen LogP contribution in [0.25, 0.3) is 0 Å². The minimum absolute atomic E-state index is 0.0119. The van der Waals surface area contributed by atoms with Crippen LogP contribution in [0, 0.1) is 0 Å². The molecule has 0 saturated carbocycles. The van der Waals surface area contributed by atoms with Crippen molar-refractivity contribution in [1.82, 2.24) is 10.2 Å². The minimum atomic E-state index is -0.591. The van der Waals surface area contributed by atoms with Crippen LogP contribution in [0.15, 0.2) is 36.4 Å². The number of likely N-dealkylation sites (tertiary alicyclic amines) is 1. The van der Waals surface area contributed by atoms with Crippen LogP contribution >= 0.6 is 22.9 Å². The largest absolute Gasteiger partial charge is 0.477 e. The summed E-state index contributed by atoms with van der Waals surface area (Å²) in [5.41, 5.74) is 0.838. The van der Waals surface area contributed by atoms with Gasteiger partial charge in [0.1, 0.15) is 5.75 Å². The maximum Gasteiger partial charge on any atom is 0.265 e. The summed E-state index contributed by atoms with van der Waals surface area (Å²) >= 11 is 7.40. The summed E-state index contributed by atoms with van der Waals surface area (Å²) in [4.78, 5) is 30.4. The first-order chi connectivity index (χ1) is 14.1. The lowest BCUT2D eigenvalue weighted by Gasteiger charge is -2.38. The smallest absolute Gasteiger partial charge is 0.265 e. The summed E-state index contributed by atoms with van der Waals surface area (Å²) in [5.74, 6) is 0.556. The minimum Gasteiger partial charge on any atom is -0.477 e. The summed E-state index contributed by atoms with van der Waals surface area (Å²) in [6.07, 6.45) is 2.65. The molecular formula is C21H24ClN3O3S. The van der Waals surface area contributed by atoms with Gasteiger partial charge >= 0.3 is 0 Å². The first-order valence-electron chi connectivity index (χ1n) is 9.90. The molecule has 1 saturated heterocycles. The molecule has 2 aromatic rings. The van der Waals surface area contributed by atoms with E-state index in [9.17, 15) is 9.59 Å². The average Bonchev–Trinajstić information content (AvgIpc) is 3.17. The van der Waals surface area contributed by atoms with Crippen LogP contribution in [0.3, 0.4) is 0 Å². The number of nitrogens with zero attached hydrogens (tertiary/aromatic N) is 2. The molecule has 1 unspecified atom stereocenters. The van der Waals surface area contributed by atoms with Crippen LogP contribution in [-0.2, 0) is 16.1 Å². The van der Waals surface area contributed by atoms with Crippen molar-refractivity contribution in [3.8, 4) is 5.75 Å². The number of anilines is 1. The quantitative estimate of drug-likeness (QED) is 0.785. The van der Waals surface area contributed by atoms with E-state index in [1.807, 2.05) is 46.2 Å². The molecule has 3 heterocycles. The Balaban J connectivity index is 1.43. The molecule has 0 spiro atoms. The van der Waals surface area contributed by atoms with E-state index in [1.165, 1.54) is 17.8 Å². The molecule has 6 nitrogen and oxygen atoms in total. The number of para-hydroxylation sites is 2. The molecule has 29 heavy (non-hydrogen) atoms. The molecule has 0 bridgehead atoms. The van der Waals surface area contributed by atoms with Crippen LogP contribution in [0.2, 0.25) is 4.34 Å². The van der Waals surface area contributed by atoms with Gasteiger partial charge < -0.3 is 19.9 Å². The van der Waals surface area contributed by atoms with Gasteiger partial charge in [-0.3, -0.25) is 9.59 Å². The van der Waals surface area contributed by atoms with Crippen molar-refractivity contribution in [2.45, 2.75) is 31.9 Å². The van der Waals surface area contributed by atoms with Gasteiger partial charge in [0.2, 0.25) is 5.91 Å². The maximum atomic E-state index is 13.0. The number of nitrogens with one attached hydrogen (secondary N) is 1. The van der Waals surface area contributed by atoms with E-state index in [0.717, 1.165) is 36.5 Å². The van der Waals surface area contributed by atoms with Crippen LogP contribution in [0.1, 0.15) is 24.1 Å². The molecule has 1 aromatic heterocycles. The highest BCUT2D eigenvalue weighted by molar-refractivity contribution is 7.16. The lowest BCUT2D eigenvalue weighted by Crippen LogP contribution is -2.53. The third kappa shape index (κ3) is 4.85. The number of amides is 2. The number of piperidine rings is 1. The van der Waals surface area contributed by atoms with Gasteiger partial charge in [-0.2, -0.15) is 0 Å². The third-order valence-electron chi connectivity index (χ3n) is 5.23. The fourth-order valence-corrected chi connectivity index (χ4v) is 4.79. The first-order valence-corrected chi connectivity index (χ1v) is 11.1. The predicted octanol–water partition coefficient (Wildman–Crippen LogP) is 3.30. The van der Waals surface area contributed by atoms with Crippen molar-refractivity contribution in [3.05, 3.63) is 45.6 Å². The van der Waals surface area contributed by atoms with E-state index >= 15 is 0 Å². The van der Waals surface area contributed by atoms with Gasteiger partial charge in [0, 0.05) is 18.0 Å². The number of fused-ring (bicyclic) bond motifs is 1. The lowest BCUT2D eigenvalue weighted by atomic mass is 10.1. The second kappa shape index (κ2) is 9.05. The van der Waals surface area contributed by atoms with Gasteiger partial charge in [0.25, 0.3) is 5.91 Å². The van der Waals surface area contributed by atoms with E-state index < -0.39 is 6.10 Å². The van der Waals surface area contributed by atoms with Crippen molar-refractivity contribution in [2.24, 2.45) is 0 Å². The van der Waals surface area contributed by atoms with Gasteiger partial charge in [0.05, 0.1) is 29.7 Å². The molecule has 154 valence electrons. The molecule has 0 radical (unpaired) electrons. The number of carbonyl (C=O) groups is 2. The highest BCUT2D eigenvalue weighted by atomic mass is 35.5. The number of rotatable bonds is 5. The third-order valence-corrected chi connectivity index (χ3v) is 6.46. The summed E-state index contributed by atoms with van der Waals surface area (Å²) in [6.45, 7) is 2.54. The predicted molar refractivity (Wildman–Crippen MR) is 115 cm³/mol. The Kier molecular flexibility index (Phi) is 6.25. The van der Waals surface area contributed by atoms with E-state index in [-0.39, 0.29) is 18.4 Å². The summed E-state index contributed by atoms with van der Waals surface area (Å²) in [7, 11) is 0. The molecule has 8 heteroatoms. The second-order valence-electron chi connectivity index (χ2n) is 7.32. The topological polar surface area (TPSA) is 61.9 Å². The second-order valence-corrected chi connectivity index (χ2v) is 9.12. The molecule has 1 aromatic carbocycles. The molecule has 1 fully saturated rings. The molecular weight excluding hydrogens is 410 g/mol. The summed E-state index contributed by atoms with van der Waals surface area (Å²) in [6, 6.07) is 11.3. The molecule has 1 N–H and O–H groups in total. The Morgan fingerprint density at radius 2 is 1.93 bits per heavy atom. The number of benzene rings is 1. The number of hydrogen-bond donors (Lipinski definition) is 1. The Morgan fingerprint density at radius 1 is 1.14 bits per heavy atom. The van der Waals surface area contributed by atoms with Crippen LogP contribution in [0.4, 0.5) is 5.69 Å². The Bertz CT molecular complexity index is 882. The zero-order valence-corrected chi connectivity index (χ0v) is 17.7. The fraction of sp³-hybridized carbons (Fsp3) is 0.429. The van der Waals surface area contributed by atoms with Gasteiger partial charge in [-0.15, -0.1) is 11.3 Å². The average molecular weight is 434 g/mol. The zero-order valence-electron chi connectivity index (χ0n) is 16.1. The molecule has 2 amide bonds. The van der Waals surface area contributed by atoms with Crippen molar-refractivity contribution in [2.75, 3.05) is 31.1 Å². The number of hydrogen-bond acceptors (Lipinski definition) is 5. The van der Waals surface area contributed by atoms with E-state index in [4.69, 9.17) is 16.3 Å². The van der Waals surface area contributed by atoms with Crippen molar-refractivity contribution < 1.29 is 14.3 Å². The monoisotopic (exact) mass is 433 g/mol. The van der Waals surface area contributed by atoms with Gasteiger partial charge in [0.15, 0.2) is 6.10 Å². The molecule has 2 aliphatic heterocycles. The molecule has 0 aliphatic carbocycles. The van der Waals surface area contributed by atoms with Gasteiger partial charge in [-0.1, -0.05) is 23.7 Å². The standard InChI is InChI=1S/C21H24ClN3O3S/c22-19-9-8-15(29-19)12-23-20(26)14-25-13-18(21(27)24-10-4-1-5-11-24)28-17-7-3-2-6-16(17)25/h2-3,6-9,18H,1,4-5,10-14H2,(H,23,26). The van der Waals surface area contributed by atoms with Gasteiger partial charge in [-0.25, -0.2) is 0 Å². The van der Waals surface area contributed by atoms with E-state index in [1.54, 1.807) is 0 Å². The summed E-state index contributed by atoms with van der Waals surface area (Å²) in [5, 5.41) is 2.93. The molecule has 4 rings (SSSR count). The number of carbonyl (C=O) groups excluding carboxylic acids is 2. The maximum absolute atomic E-state index is 13.0. The number of ether oxygens (including phenoxy) is 1. The van der Waals surface area contributed by atoms with Gasteiger partial charge in [-0.05, 0) is 43.5 Å². The highest BCUT2D eigenvalue weighted by Crippen LogP contribution is 2.33. The SMILES string of the molecule is O=C(CN1CC(C(=O)N2CCCCC2)Oc2ccccc21)NCc1ccc(Cl)s1. The van der Waals surface area contributed by atoms with E-state index in [0.29, 0.717) is 23.2 Å². The van der Waals surface area contributed by atoms with Crippen LogP contribution in [0.5, 0.6) is 5.75 Å². The highest BCUT2D eigenvalue weighted by Gasteiger charge is 2.34. The van der Waals surface area contributed by atoms with Crippen molar-refractivity contribution in [3.63, 3.8) is 0 Å². The van der Waals surface area contributed by atoms with Crippen LogP contribution < -0.4 is 15.0 Å². The van der Waals surface area contributed by atoms with E-state index in [2.05, 4.69) is 5.32 Å². The number of halogens is 1. The fourth-order valence-electron chi connectivity index (χ4n) is 3.76. The molecule has 2 aliphatic rings. The van der Waals surface area contributed by atoms with Crippen molar-refractivity contribution >= 4 is 40.4 Å². The van der Waals surface area contributed by atoms with Crippen molar-refractivity contribution in [1.29, 1.82) is 0 Å². The summed E-state index contributed by atoms with van der Waals surface area (Å²) < 4.78 is 6.72. The molecule has 1 atom stereocenters. The normalized spacial score (nSPS) is 18.7. The lowest BCUT2D eigenvalue weighted by molar-refractivity contribution is -0.139. The Labute approximate surface area is 179 Å². The first kappa shape index (κ1) is 20.0. The van der Waals surface area contributed by atoms with Crippen LogP contribution in [-0.4, -0.2) is 49.0 Å². The Morgan fingerprint density at radius 3 is 2.69 bits per heavy atom.